The number of hydrogen-bond acceptors (Lipinski definition) is 4. The molecule has 0 spiro atoms. The first kappa shape index (κ1) is 15.4. The van der Waals surface area contributed by atoms with Crippen LogP contribution in [0.2, 0.25) is 0 Å². The van der Waals surface area contributed by atoms with Crippen LogP contribution in [0.1, 0.15) is 11.1 Å². The third-order valence-electron chi connectivity index (χ3n) is 2.94. The Balaban J connectivity index is 1.99. The molecule has 0 radical (unpaired) electrons. The minimum absolute atomic E-state index is 0.272. The van der Waals surface area contributed by atoms with Crippen molar-refractivity contribution < 1.29 is 18.9 Å². The molecule has 2 aromatic carbocycles. The minimum Gasteiger partial charge on any atom is -0.493 e. The van der Waals surface area contributed by atoms with Crippen LogP contribution in [-0.4, -0.2) is 21.0 Å². The first-order valence-electron chi connectivity index (χ1n) is 6.74. The summed E-state index contributed by atoms with van der Waals surface area (Å²) in [5, 5.41) is 0. The average molecular weight is 288 g/mol. The van der Waals surface area contributed by atoms with Crippen molar-refractivity contribution in [2.24, 2.45) is 0 Å². The van der Waals surface area contributed by atoms with Crippen molar-refractivity contribution in [3.63, 3.8) is 0 Å². The zero-order valence-electron chi connectivity index (χ0n) is 12.4. The van der Waals surface area contributed by atoms with E-state index >= 15 is 0 Å². The first-order chi connectivity index (χ1) is 10.3. The second kappa shape index (κ2) is 8.29. The number of benzene rings is 2. The Morgan fingerprint density at radius 2 is 1.62 bits per heavy atom. The molecule has 0 aromatic heterocycles. The molecule has 2 aromatic rings. The van der Waals surface area contributed by atoms with Gasteiger partial charge in [-0.05, 0) is 23.3 Å². The summed E-state index contributed by atoms with van der Waals surface area (Å²) in [7, 11) is 3.23. The van der Waals surface area contributed by atoms with Crippen LogP contribution in [0.25, 0.3) is 0 Å². The molecular weight excluding hydrogens is 268 g/mol. The summed E-state index contributed by atoms with van der Waals surface area (Å²) in [4.78, 5) is 0. The summed E-state index contributed by atoms with van der Waals surface area (Å²) in [6, 6.07) is 15.8. The molecule has 0 amide bonds. The lowest BCUT2D eigenvalue weighted by Gasteiger charge is -2.12. The smallest absolute Gasteiger partial charge is 0.161 e. The summed E-state index contributed by atoms with van der Waals surface area (Å²) in [5.41, 5.74) is 2.13. The predicted molar refractivity (Wildman–Crippen MR) is 80.4 cm³/mol. The molecule has 0 fully saturated rings. The van der Waals surface area contributed by atoms with Gasteiger partial charge in [0.25, 0.3) is 0 Å². The molecule has 0 aliphatic rings. The fraction of sp³-hybridized carbons (Fsp3) is 0.294. The molecule has 0 saturated carbocycles. The molecule has 0 saturated heterocycles. The van der Waals surface area contributed by atoms with Crippen LogP contribution in [-0.2, 0) is 22.7 Å². The van der Waals surface area contributed by atoms with Crippen LogP contribution in [0.4, 0.5) is 0 Å². The fourth-order valence-corrected chi connectivity index (χ4v) is 1.90. The summed E-state index contributed by atoms with van der Waals surface area (Å²) >= 11 is 0. The van der Waals surface area contributed by atoms with Crippen LogP contribution in [0.3, 0.4) is 0 Å². The Morgan fingerprint density at radius 3 is 2.33 bits per heavy atom. The van der Waals surface area contributed by atoms with E-state index in [0.29, 0.717) is 19.0 Å². The molecule has 0 aliphatic carbocycles. The lowest BCUT2D eigenvalue weighted by Crippen LogP contribution is -2.00. The van der Waals surface area contributed by atoms with Crippen molar-refractivity contribution in [1.29, 1.82) is 0 Å². The Bertz CT molecular complexity index is 540. The van der Waals surface area contributed by atoms with Gasteiger partial charge in [-0.15, -0.1) is 0 Å². The van der Waals surface area contributed by atoms with Gasteiger partial charge >= 0.3 is 0 Å². The normalized spacial score (nSPS) is 10.4. The Kier molecular flexibility index (Phi) is 6.06. The summed E-state index contributed by atoms with van der Waals surface area (Å²) in [5.74, 6) is 1.42. The number of hydrogen-bond donors (Lipinski definition) is 0. The Morgan fingerprint density at radius 1 is 0.810 bits per heavy atom. The molecular formula is C17H20O4. The van der Waals surface area contributed by atoms with E-state index in [4.69, 9.17) is 18.9 Å². The van der Waals surface area contributed by atoms with Crippen molar-refractivity contribution in [3.8, 4) is 11.5 Å². The lowest BCUT2D eigenvalue weighted by atomic mass is 10.2. The maximum atomic E-state index is 5.80. The highest BCUT2D eigenvalue weighted by Crippen LogP contribution is 2.29. The highest BCUT2D eigenvalue weighted by Gasteiger charge is 2.06. The molecule has 0 unspecified atom stereocenters. The molecule has 0 bridgehead atoms. The van der Waals surface area contributed by atoms with Crippen LogP contribution in [0.5, 0.6) is 11.5 Å². The second-order valence-corrected chi connectivity index (χ2v) is 4.51. The topological polar surface area (TPSA) is 36.9 Å². The molecule has 2 rings (SSSR count). The predicted octanol–water partition coefficient (Wildman–Crippen LogP) is 3.39. The molecule has 21 heavy (non-hydrogen) atoms. The van der Waals surface area contributed by atoms with E-state index in [9.17, 15) is 0 Å². The van der Waals surface area contributed by atoms with Crippen molar-refractivity contribution >= 4 is 0 Å². The number of methoxy groups -OCH3 is 2. The van der Waals surface area contributed by atoms with Gasteiger partial charge in [0.05, 0.1) is 13.7 Å². The van der Waals surface area contributed by atoms with E-state index in [2.05, 4.69) is 0 Å². The SMILES string of the molecule is COCOCc1ccc(OCc2ccccc2)c(OC)c1. The summed E-state index contributed by atoms with van der Waals surface area (Å²) in [6.45, 7) is 1.26. The fourth-order valence-electron chi connectivity index (χ4n) is 1.90. The standard InChI is InChI=1S/C17H20O4/c1-18-13-20-11-15-8-9-16(17(10-15)19-2)21-12-14-6-4-3-5-7-14/h3-10H,11-13H2,1-2H3. The highest BCUT2D eigenvalue weighted by molar-refractivity contribution is 5.43. The van der Waals surface area contributed by atoms with Gasteiger partial charge in [-0.1, -0.05) is 36.4 Å². The number of ether oxygens (including phenoxy) is 4. The summed E-state index contributed by atoms with van der Waals surface area (Å²) in [6.07, 6.45) is 0. The molecule has 0 aliphatic heterocycles. The average Bonchev–Trinajstić information content (AvgIpc) is 2.54. The third kappa shape index (κ3) is 4.77. The quantitative estimate of drug-likeness (QED) is 0.551. The monoisotopic (exact) mass is 288 g/mol. The maximum Gasteiger partial charge on any atom is 0.161 e. The lowest BCUT2D eigenvalue weighted by molar-refractivity contribution is -0.0391. The van der Waals surface area contributed by atoms with Gasteiger partial charge in [0.2, 0.25) is 0 Å². The Labute approximate surface area is 125 Å². The zero-order valence-corrected chi connectivity index (χ0v) is 12.4. The second-order valence-electron chi connectivity index (χ2n) is 4.51. The van der Waals surface area contributed by atoms with Gasteiger partial charge in [0, 0.05) is 7.11 Å². The first-order valence-corrected chi connectivity index (χ1v) is 6.74. The van der Waals surface area contributed by atoms with Crippen molar-refractivity contribution in [2.45, 2.75) is 13.2 Å². The van der Waals surface area contributed by atoms with Crippen molar-refractivity contribution in [2.75, 3.05) is 21.0 Å². The van der Waals surface area contributed by atoms with Gasteiger partial charge < -0.3 is 18.9 Å². The van der Waals surface area contributed by atoms with Gasteiger partial charge in [0.1, 0.15) is 13.4 Å². The maximum absolute atomic E-state index is 5.80. The van der Waals surface area contributed by atoms with Crippen molar-refractivity contribution in [1.82, 2.24) is 0 Å². The van der Waals surface area contributed by atoms with E-state index in [0.717, 1.165) is 16.9 Å². The van der Waals surface area contributed by atoms with Gasteiger partial charge in [-0.2, -0.15) is 0 Å². The zero-order chi connectivity index (χ0) is 14.9. The molecule has 0 heterocycles. The third-order valence-corrected chi connectivity index (χ3v) is 2.94. The molecule has 0 N–H and O–H groups in total. The van der Waals surface area contributed by atoms with Gasteiger partial charge in [-0.3, -0.25) is 0 Å². The largest absolute Gasteiger partial charge is 0.493 e. The molecule has 112 valence electrons. The molecule has 4 nitrogen and oxygen atoms in total. The molecule has 0 atom stereocenters. The summed E-state index contributed by atoms with van der Waals surface area (Å²) < 4.78 is 21.3. The van der Waals surface area contributed by atoms with E-state index < -0.39 is 0 Å². The van der Waals surface area contributed by atoms with E-state index in [1.54, 1.807) is 14.2 Å². The van der Waals surface area contributed by atoms with Crippen LogP contribution < -0.4 is 9.47 Å². The highest BCUT2D eigenvalue weighted by atomic mass is 16.7. The van der Waals surface area contributed by atoms with Crippen LogP contribution in [0, 0.1) is 0 Å². The minimum atomic E-state index is 0.272. The van der Waals surface area contributed by atoms with E-state index in [1.807, 2.05) is 48.5 Å². The van der Waals surface area contributed by atoms with E-state index in [-0.39, 0.29) is 6.79 Å². The van der Waals surface area contributed by atoms with Gasteiger partial charge in [0.15, 0.2) is 11.5 Å². The molecule has 4 heteroatoms. The number of rotatable bonds is 8. The van der Waals surface area contributed by atoms with Crippen molar-refractivity contribution in [3.05, 3.63) is 59.7 Å². The van der Waals surface area contributed by atoms with E-state index in [1.165, 1.54) is 0 Å². The van der Waals surface area contributed by atoms with Crippen LogP contribution >= 0.6 is 0 Å². The van der Waals surface area contributed by atoms with Gasteiger partial charge in [-0.25, -0.2) is 0 Å². The van der Waals surface area contributed by atoms with Crippen LogP contribution in [0.15, 0.2) is 48.5 Å². The Hall–Kier alpha value is -2.04.